The summed E-state index contributed by atoms with van der Waals surface area (Å²) in [6.45, 7) is 3.17. The van der Waals surface area contributed by atoms with Crippen molar-refractivity contribution in [3.8, 4) is 0 Å². The van der Waals surface area contributed by atoms with E-state index in [1.165, 1.54) is 24.3 Å². The second kappa shape index (κ2) is 8.26. The van der Waals surface area contributed by atoms with Gasteiger partial charge in [-0.05, 0) is 54.8 Å². The lowest BCUT2D eigenvalue weighted by molar-refractivity contribution is -0.0328. The standard InChI is InChI=1S/C15H19F3N2OS.ClH/c1-10-6-7-20(12(8-10)9-19)14(21)11-2-4-13(5-3-11)22-15(16,17)18;/h2-5,10,12H,6-9,19H2,1H3;1H. The minimum atomic E-state index is -4.32. The van der Waals surface area contributed by atoms with Crippen LogP contribution < -0.4 is 5.73 Å². The normalized spacial score (nSPS) is 21.7. The Kier molecular flexibility index (Phi) is 7.23. The van der Waals surface area contributed by atoms with Crippen LogP contribution in [0.15, 0.2) is 29.2 Å². The quantitative estimate of drug-likeness (QED) is 0.822. The van der Waals surface area contributed by atoms with Crippen LogP contribution >= 0.6 is 24.2 Å². The molecule has 0 radical (unpaired) electrons. The fraction of sp³-hybridized carbons (Fsp3) is 0.533. The first kappa shape index (κ1) is 20.1. The molecule has 1 heterocycles. The van der Waals surface area contributed by atoms with Crippen LogP contribution in [0.25, 0.3) is 0 Å². The van der Waals surface area contributed by atoms with Crippen LogP contribution in [-0.4, -0.2) is 35.4 Å². The van der Waals surface area contributed by atoms with E-state index in [-0.39, 0.29) is 41.0 Å². The first-order valence-corrected chi connectivity index (χ1v) is 7.98. The van der Waals surface area contributed by atoms with Crippen molar-refractivity contribution in [2.75, 3.05) is 13.1 Å². The third-order valence-electron chi connectivity index (χ3n) is 3.85. The van der Waals surface area contributed by atoms with Crippen LogP contribution in [0.1, 0.15) is 30.1 Å². The monoisotopic (exact) mass is 368 g/mol. The van der Waals surface area contributed by atoms with Crippen LogP contribution in [0.2, 0.25) is 0 Å². The van der Waals surface area contributed by atoms with Crippen LogP contribution in [0.3, 0.4) is 0 Å². The maximum atomic E-state index is 12.5. The Morgan fingerprint density at radius 3 is 2.48 bits per heavy atom. The van der Waals surface area contributed by atoms with Gasteiger partial charge >= 0.3 is 5.51 Å². The fourth-order valence-corrected chi connectivity index (χ4v) is 3.25. The number of carbonyl (C=O) groups excluding carboxylic acids is 1. The van der Waals surface area contributed by atoms with Crippen molar-refractivity contribution in [1.29, 1.82) is 0 Å². The van der Waals surface area contributed by atoms with Crippen LogP contribution in [0.4, 0.5) is 13.2 Å². The minimum absolute atomic E-state index is 0. The Morgan fingerprint density at radius 2 is 1.96 bits per heavy atom. The number of nitrogens with zero attached hydrogens (tertiary/aromatic N) is 1. The van der Waals surface area contributed by atoms with Gasteiger partial charge in [0.2, 0.25) is 0 Å². The Bertz CT molecular complexity index is 524. The second-order valence-electron chi connectivity index (χ2n) is 5.59. The van der Waals surface area contributed by atoms with Crippen molar-refractivity contribution in [2.45, 2.75) is 36.2 Å². The summed E-state index contributed by atoms with van der Waals surface area (Å²) in [5, 5.41) is 0. The highest BCUT2D eigenvalue weighted by Crippen LogP contribution is 2.36. The van der Waals surface area contributed by atoms with Crippen molar-refractivity contribution in [2.24, 2.45) is 11.7 Å². The molecule has 0 aromatic heterocycles. The van der Waals surface area contributed by atoms with Crippen LogP contribution in [0, 0.1) is 5.92 Å². The lowest BCUT2D eigenvalue weighted by Crippen LogP contribution is -2.49. The molecule has 1 aliphatic rings. The predicted octanol–water partition coefficient (Wildman–Crippen LogP) is 3.92. The highest BCUT2D eigenvalue weighted by Gasteiger charge is 2.31. The average molecular weight is 369 g/mol. The molecule has 1 aromatic carbocycles. The number of thioether (sulfide) groups is 1. The molecule has 2 atom stereocenters. The fourth-order valence-electron chi connectivity index (χ4n) is 2.71. The Labute approximate surface area is 144 Å². The van der Waals surface area contributed by atoms with E-state index in [1.807, 2.05) is 0 Å². The third kappa shape index (κ3) is 5.58. The zero-order valence-corrected chi connectivity index (χ0v) is 14.3. The summed E-state index contributed by atoms with van der Waals surface area (Å²) in [4.78, 5) is 14.3. The number of amides is 1. The molecule has 8 heteroatoms. The summed E-state index contributed by atoms with van der Waals surface area (Å²) < 4.78 is 36.9. The van der Waals surface area contributed by atoms with E-state index < -0.39 is 5.51 Å². The summed E-state index contributed by atoms with van der Waals surface area (Å²) in [6.07, 6.45) is 1.79. The first-order valence-electron chi connectivity index (χ1n) is 7.17. The van der Waals surface area contributed by atoms with Crippen molar-refractivity contribution in [3.05, 3.63) is 29.8 Å². The molecule has 0 aliphatic carbocycles. The van der Waals surface area contributed by atoms with Gasteiger partial charge in [0.15, 0.2) is 0 Å². The van der Waals surface area contributed by atoms with Gasteiger partial charge in [0.05, 0.1) is 0 Å². The maximum Gasteiger partial charge on any atom is 0.446 e. The van der Waals surface area contributed by atoms with Gasteiger partial charge < -0.3 is 10.6 Å². The molecule has 1 saturated heterocycles. The molecule has 1 aliphatic heterocycles. The molecule has 1 fully saturated rings. The van der Waals surface area contributed by atoms with Crippen molar-refractivity contribution in [1.82, 2.24) is 4.90 Å². The van der Waals surface area contributed by atoms with Gasteiger partial charge in [0.25, 0.3) is 5.91 Å². The minimum Gasteiger partial charge on any atom is -0.334 e. The number of hydrogen-bond donors (Lipinski definition) is 1. The number of halogens is 4. The third-order valence-corrected chi connectivity index (χ3v) is 4.59. The van der Waals surface area contributed by atoms with E-state index >= 15 is 0 Å². The number of hydrogen-bond acceptors (Lipinski definition) is 3. The van der Waals surface area contributed by atoms with E-state index in [2.05, 4.69) is 6.92 Å². The number of likely N-dealkylation sites (tertiary alicyclic amines) is 1. The van der Waals surface area contributed by atoms with E-state index in [1.54, 1.807) is 4.90 Å². The molecule has 130 valence electrons. The number of alkyl halides is 3. The number of benzene rings is 1. The molecular weight excluding hydrogens is 349 g/mol. The molecule has 23 heavy (non-hydrogen) atoms. The smallest absolute Gasteiger partial charge is 0.334 e. The molecule has 3 nitrogen and oxygen atoms in total. The maximum absolute atomic E-state index is 12.5. The number of carbonyl (C=O) groups is 1. The van der Waals surface area contributed by atoms with Crippen molar-refractivity contribution >= 4 is 30.1 Å². The summed E-state index contributed by atoms with van der Waals surface area (Å²) in [7, 11) is 0. The van der Waals surface area contributed by atoms with Crippen LogP contribution in [0.5, 0.6) is 0 Å². The first-order chi connectivity index (χ1) is 10.3. The highest BCUT2D eigenvalue weighted by molar-refractivity contribution is 8.00. The van der Waals surface area contributed by atoms with Gasteiger partial charge in [0, 0.05) is 29.6 Å². The molecule has 2 unspecified atom stereocenters. The average Bonchev–Trinajstić information content (AvgIpc) is 2.45. The molecule has 0 saturated carbocycles. The molecular formula is C15H20ClF3N2OS. The van der Waals surface area contributed by atoms with E-state index in [0.29, 0.717) is 24.6 Å². The Hall–Kier alpha value is -0.920. The summed E-state index contributed by atoms with van der Waals surface area (Å²) >= 11 is -0.183. The summed E-state index contributed by atoms with van der Waals surface area (Å²) in [6, 6.07) is 5.55. The van der Waals surface area contributed by atoms with E-state index in [4.69, 9.17) is 5.73 Å². The van der Waals surface area contributed by atoms with E-state index in [0.717, 1.165) is 12.8 Å². The number of nitrogens with two attached hydrogens (primary N) is 1. The molecule has 2 rings (SSSR count). The Balaban J connectivity index is 0.00000264. The van der Waals surface area contributed by atoms with E-state index in [9.17, 15) is 18.0 Å². The van der Waals surface area contributed by atoms with Gasteiger partial charge in [0.1, 0.15) is 0 Å². The zero-order chi connectivity index (χ0) is 16.3. The van der Waals surface area contributed by atoms with Crippen LogP contribution in [-0.2, 0) is 0 Å². The van der Waals surface area contributed by atoms with Crippen molar-refractivity contribution in [3.63, 3.8) is 0 Å². The lowest BCUT2D eigenvalue weighted by atomic mass is 9.92. The summed E-state index contributed by atoms with van der Waals surface area (Å²) in [5.41, 5.74) is 1.83. The predicted molar refractivity (Wildman–Crippen MR) is 87.9 cm³/mol. The largest absolute Gasteiger partial charge is 0.446 e. The number of piperidine rings is 1. The second-order valence-corrected chi connectivity index (χ2v) is 6.73. The topological polar surface area (TPSA) is 46.3 Å². The SMILES string of the molecule is CC1CCN(C(=O)c2ccc(SC(F)(F)F)cc2)C(CN)C1.Cl. The lowest BCUT2D eigenvalue weighted by Gasteiger charge is -2.38. The number of rotatable bonds is 3. The van der Waals surface area contributed by atoms with Gasteiger partial charge in [-0.3, -0.25) is 4.79 Å². The molecule has 1 amide bonds. The Morgan fingerprint density at radius 1 is 1.35 bits per heavy atom. The van der Waals surface area contributed by atoms with Gasteiger partial charge in [-0.25, -0.2) is 0 Å². The molecule has 0 bridgehead atoms. The molecule has 1 aromatic rings. The van der Waals surface area contributed by atoms with Crippen molar-refractivity contribution < 1.29 is 18.0 Å². The molecule has 2 N–H and O–H groups in total. The van der Waals surface area contributed by atoms with Gasteiger partial charge in [-0.2, -0.15) is 13.2 Å². The molecule has 0 spiro atoms. The van der Waals surface area contributed by atoms with Gasteiger partial charge in [-0.15, -0.1) is 12.4 Å². The van der Waals surface area contributed by atoms with Gasteiger partial charge in [-0.1, -0.05) is 6.92 Å². The zero-order valence-electron chi connectivity index (χ0n) is 12.7. The summed E-state index contributed by atoms with van der Waals surface area (Å²) in [5.74, 6) is 0.370. The highest BCUT2D eigenvalue weighted by atomic mass is 35.5.